The first-order chi connectivity index (χ1) is 7.75. The van der Waals surface area contributed by atoms with Crippen LogP contribution in [0.5, 0.6) is 0 Å². The molecule has 0 N–H and O–H groups in total. The van der Waals surface area contributed by atoms with E-state index in [-0.39, 0.29) is 18.2 Å². The van der Waals surface area contributed by atoms with Gasteiger partial charge in [-0.3, -0.25) is 9.59 Å². The summed E-state index contributed by atoms with van der Waals surface area (Å²) in [4.78, 5) is 26.7. The molecule has 0 atom stereocenters. The first kappa shape index (κ1) is 11.2. The highest BCUT2D eigenvalue weighted by Crippen LogP contribution is 2.10. The smallest absolute Gasteiger partial charge is 0.223 e. The minimum atomic E-state index is 0.0298. The Kier molecular flexibility index (Phi) is 3.59. The quantitative estimate of drug-likeness (QED) is 0.660. The van der Waals surface area contributed by atoms with Crippen molar-refractivity contribution in [2.45, 2.75) is 25.7 Å². The van der Waals surface area contributed by atoms with Crippen LogP contribution in [0.2, 0.25) is 0 Å². The lowest BCUT2D eigenvalue weighted by Gasteiger charge is -2.13. The Morgan fingerprint density at radius 1 is 1.19 bits per heavy atom. The van der Waals surface area contributed by atoms with Crippen LogP contribution in [0.4, 0.5) is 0 Å². The predicted molar refractivity (Wildman–Crippen MR) is 60.8 cm³/mol. The summed E-state index contributed by atoms with van der Waals surface area (Å²) >= 11 is 0. The average molecular weight is 222 g/mol. The molecule has 2 fully saturated rings. The molecular formula is C12H18N2O2. The van der Waals surface area contributed by atoms with Crippen LogP contribution >= 0.6 is 0 Å². The first-order valence-corrected chi connectivity index (χ1v) is 5.98. The predicted octanol–water partition coefficient (Wildman–Crippen LogP) is 0.787. The Morgan fingerprint density at radius 2 is 1.94 bits per heavy atom. The molecule has 0 aromatic carbocycles. The maximum Gasteiger partial charge on any atom is 0.223 e. The van der Waals surface area contributed by atoms with E-state index in [1.807, 2.05) is 6.20 Å². The maximum absolute atomic E-state index is 11.6. The van der Waals surface area contributed by atoms with Crippen LogP contribution in [0.25, 0.3) is 0 Å². The van der Waals surface area contributed by atoms with Crippen LogP contribution in [0, 0.1) is 0 Å². The van der Waals surface area contributed by atoms with E-state index in [0.717, 1.165) is 26.1 Å². The third kappa shape index (κ3) is 2.84. The maximum atomic E-state index is 11.6. The summed E-state index contributed by atoms with van der Waals surface area (Å²) in [6, 6.07) is 0. The van der Waals surface area contributed by atoms with Crippen molar-refractivity contribution >= 4 is 11.7 Å². The molecule has 2 saturated heterocycles. The number of hydrogen-bond acceptors (Lipinski definition) is 3. The molecule has 0 aromatic rings. The highest BCUT2D eigenvalue weighted by molar-refractivity contribution is 5.94. The van der Waals surface area contributed by atoms with Crippen LogP contribution in [0.1, 0.15) is 25.7 Å². The fourth-order valence-corrected chi connectivity index (χ4v) is 2.19. The number of hydrogen-bond donors (Lipinski definition) is 0. The van der Waals surface area contributed by atoms with E-state index in [1.54, 1.807) is 11.0 Å². The SMILES string of the molecule is O=C(/C=C/N1CCCC1)CN1CCCC1=O. The van der Waals surface area contributed by atoms with Gasteiger partial charge in [-0.15, -0.1) is 0 Å². The van der Waals surface area contributed by atoms with E-state index in [4.69, 9.17) is 0 Å². The molecule has 4 heteroatoms. The molecule has 2 heterocycles. The largest absolute Gasteiger partial charge is 0.377 e. The van der Waals surface area contributed by atoms with Crippen LogP contribution in [0.3, 0.4) is 0 Å². The normalized spacial score (nSPS) is 21.4. The fraction of sp³-hybridized carbons (Fsp3) is 0.667. The Morgan fingerprint density at radius 3 is 2.56 bits per heavy atom. The summed E-state index contributed by atoms with van der Waals surface area (Å²) in [5, 5.41) is 0. The molecule has 0 aromatic heterocycles. The van der Waals surface area contributed by atoms with Gasteiger partial charge >= 0.3 is 0 Å². The number of amides is 1. The average Bonchev–Trinajstić information content (AvgIpc) is 2.88. The second kappa shape index (κ2) is 5.14. The monoisotopic (exact) mass is 222 g/mol. The number of nitrogens with zero attached hydrogens (tertiary/aromatic N) is 2. The minimum Gasteiger partial charge on any atom is -0.377 e. The Bertz CT molecular complexity index is 306. The first-order valence-electron chi connectivity index (χ1n) is 5.98. The number of carbonyl (C=O) groups excluding carboxylic acids is 2. The van der Waals surface area contributed by atoms with Crippen molar-refractivity contribution in [1.82, 2.24) is 9.80 Å². The number of carbonyl (C=O) groups is 2. The number of rotatable bonds is 4. The third-order valence-electron chi connectivity index (χ3n) is 3.13. The van der Waals surface area contributed by atoms with Crippen LogP contribution in [0.15, 0.2) is 12.3 Å². The highest BCUT2D eigenvalue weighted by atomic mass is 16.2. The Hall–Kier alpha value is -1.32. The van der Waals surface area contributed by atoms with Crippen molar-refractivity contribution in [2.24, 2.45) is 0 Å². The van der Waals surface area contributed by atoms with Crippen LogP contribution in [-0.2, 0) is 9.59 Å². The van der Waals surface area contributed by atoms with E-state index in [1.165, 1.54) is 12.8 Å². The Labute approximate surface area is 95.9 Å². The van der Waals surface area contributed by atoms with Gasteiger partial charge in [-0.25, -0.2) is 0 Å². The fourth-order valence-electron chi connectivity index (χ4n) is 2.19. The van der Waals surface area contributed by atoms with Gasteiger partial charge in [-0.1, -0.05) is 0 Å². The van der Waals surface area contributed by atoms with Crippen molar-refractivity contribution in [3.63, 3.8) is 0 Å². The lowest BCUT2D eigenvalue weighted by atomic mass is 10.3. The van der Waals surface area contributed by atoms with E-state index < -0.39 is 0 Å². The molecule has 16 heavy (non-hydrogen) atoms. The van der Waals surface area contributed by atoms with Crippen molar-refractivity contribution in [3.05, 3.63) is 12.3 Å². The van der Waals surface area contributed by atoms with Crippen molar-refractivity contribution in [1.29, 1.82) is 0 Å². The van der Waals surface area contributed by atoms with Crippen molar-refractivity contribution in [3.8, 4) is 0 Å². The Balaban J connectivity index is 1.77. The van der Waals surface area contributed by atoms with Gasteiger partial charge in [0.2, 0.25) is 5.91 Å². The third-order valence-corrected chi connectivity index (χ3v) is 3.13. The molecule has 0 saturated carbocycles. The second-order valence-corrected chi connectivity index (χ2v) is 4.44. The van der Waals surface area contributed by atoms with Gasteiger partial charge in [0.1, 0.15) is 0 Å². The summed E-state index contributed by atoms with van der Waals surface area (Å²) < 4.78 is 0. The standard InChI is InChI=1S/C12H18N2O2/c15-11(5-9-13-6-1-2-7-13)10-14-8-3-4-12(14)16/h5,9H,1-4,6-8,10H2/b9-5+. The highest BCUT2D eigenvalue weighted by Gasteiger charge is 2.21. The molecule has 1 amide bonds. The van der Waals surface area contributed by atoms with Crippen LogP contribution < -0.4 is 0 Å². The van der Waals surface area contributed by atoms with Gasteiger partial charge in [-0.2, -0.15) is 0 Å². The van der Waals surface area contributed by atoms with Gasteiger partial charge in [0, 0.05) is 32.3 Å². The number of ketones is 1. The molecule has 0 unspecified atom stereocenters. The molecule has 0 spiro atoms. The molecule has 2 aliphatic heterocycles. The number of likely N-dealkylation sites (tertiary alicyclic amines) is 2. The second-order valence-electron chi connectivity index (χ2n) is 4.44. The zero-order valence-electron chi connectivity index (χ0n) is 9.52. The molecule has 2 aliphatic rings. The van der Waals surface area contributed by atoms with Gasteiger partial charge in [0.25, 0.3) is 0 Å². The van der Waals surface area contributed by atoms with E-state index in [9.17, 15) is 9.59 Å². The van der Waals surface area contributed by atoms with Crippen molar-refractivity contribution in [2.75, 3.05) is 26.2 Å². The van der Waals surface area contributed by atoms with E-state index in [2.05, 4.69) is 4.90 Å². The summed E-state index contributed by atoms with van der Waals surface area (Å²) in [6.45, 7) is 3.09. The van der Waals surface area contributed by atoms with Crippen LogP contribution in [-0.4, -0.2) is 47.7 Å². The van der Waals surface area contributed by atoms with Gasteiger partial charge in [0.15, 0.2) is 5.78 Å². The zero-order valence-corrected chi connectivity index (χ0v) is 9.52. The summed E-state index contributed by atoms with van der Waals surface area (Å²) in [7, 11) is 0. The van der Waals surface area contributed by atoms with Gasteiger partial charge in [-0.05, 0) is 25.3 Å². The topological polar surface area (TPSA) is 40.6 Å². The van der Waals surface area contributed by atoms with Gasteiger partial charge in [0.05, 0.1) is 6.54 Å². The molecule has 0 radical (unpaired) electrons. The van der Waals surface area contributed by atoms with E-state index in [0.29, 0.717) is 6.42 Å². The van der Waals surface area contributed by atoms with Crippen molar-refractivity contribution < 1.29 is 9.59 Å². The summed E-state index contributed by atoms with van der Waals surface area (Å²) in [5.41, 5.74) is 0. The summed E-state index contributed by atoms with van der Waals surface area (Å²) in [6.07, 6.45) is 7.39. The summed E-state index contributed by atoms with van der Waals surface area (Å²) in [5.74, 6) is 0.144. The zero-order chi connectivity index (χ0) is 11.4. The molecule has 88 valence electrons. The molecule has 0 aliphatic carbocycles. The minimum absolute atomic E-state index is 0.0298. The molecule has 0 bridgehead atoms. The molecular weight excluding hydrogens is 204 g/mol. The van der Waals surface area contributed by atoms with E-state index >= 15 is 0 Å². The molecule has 4 nitrogen and oxygen atoms in total. The lowest BCUT2D eigenvalue weighted by molar-refractivity contribution is -0.131. The lowest BCUT2D eigenvalue weighted by Crippen LogP contribution is -2.30. The molecule has 2 rings (SSSR count). The van der Waals surface area contributed by atoms with Gasteiger partial charge < -0.3 is 9.80 Å².